The number of carbonyl (C=O) groups is 1. The number of hydrogen-bond donors (Lipinski definition) is 1. The van der Waals surface area contributed by atoms with Crippen molar-refractivity contribution in [2.24, 2.45) is 0 Å². The predicted octanol–water partition coefficient (Wildman–Crippen LogP) is 5.07. The van der Waals surface area contributed by atoms with Crippen LogP contribution < -0.4 is 14.8 Å². The van der Waals surface area contributed by atoms with Gasteiger partial charge in [-0.25, -0.2) is 0 Å². The van der Waals surface area contributed by atoms with Crippen LogP contribution in [0.25, 0.3) is 11.3 Å². The quantitative estimate of drug-likeness (QED) is 0.469. The van der Waals surface area contributed by atoms with Gasteiger partial charge in [0.15, 0.2) is 5.76 Å². The van der Waals surface area contributed by atoms with Crippen molar-refractivity contribution in [1.29, 1.82) is 0 Å². The summed E-state index contributed by atoms with van der Waals surface area (Å²) in [6, 6.07) is 25.7. The van der Waals surface area contributed by atoms with Gasteiger partial charge in [0.05, 0.1) is 19.2 Å². The highest BCUT2D eigenvalue weighted by Gasteiger charge is 2.14. The van der Waals surface area contributed by atoms with Crippen LogP contribution >= 0.6 is 0 Å². The lowest BCUT2D eigenvalue weighted by Crippen LogP contribution is -2.23. The van der Waals surface area contributed by atoms with E-state index in [0.717, 1.165) is 11.3 Å². The van der Waals surface area contributed by atoms with E-state index in [4.69, 9.17) is 14.0 Å². The van der Waals surface area contributed by atoms with Gasteiger partial charge in [-0.3, -0.25) is 4.79 Å². The van der Waals surface area contributed by atoms with Gasteiger partial charge in [0.1, 0.15) is 22.9 Å². The van der Waals surface area contributed by atoms with E-state index in [1.165, 1.54) is 0 Å². The summed E-state index contributed by atoms with van der Waals surface area (Å²) >= 11 is 0. The fourth-order valence-corrected chi connectivity index (χ4v) is 2.91. The first-order valence-corrected chi connectivity index (χ1v) is 9.43. The number of nitrogens with one attached hydrogen (secondary N) is 1. The Morgan fingerprint density at radius 2 is 1.67 bits per heavy atom. The van der Waals surface area contributed by atoms with Gasteiger partial charge in [0.25, 0.3) is 5.91 Å². The number of para-hydroxylation sites is 2. The van der Waals surface area contributed by atoms with Crippen LogP contribution in [-0.4, -0.2) is 18.2 Å². The number of carbonyl (C=O) groups excluding carboxylic acids is 1. The summed E-state index contributed by atoms with van der Waals surface area (Å²) in [5.41, 5.74) is 1.94. The summed E-state index contributed by atoms with van der Waals surface area (Å²) in [6.45, 7) is 0.234. The third-order valence-electron chi connectivity index (χ3n) is 4.47. The van der Waals surface area contributed by atoms with Crippen LogP contribution in [-0.2, 0) is 6.54 Å². The molecule has 0 unspecified atom stereocenters. The number of amides is 1. The summed E-state index contributed by atoms with van der Waals surface area (Å²) in [5, 5.41) is 6.90. The molecule has 0 atom stereocenters. The highest BCUT2D eigenvalue weighted by atomic mass is 16.5. The zero-order chi connectivity index (χ0) is 20.8. The van der Waals surface area contributed by atoms with Gasteiger partial charge in [-0.2, -0.15) is 0 Å². The Morgan fingerprint density at radius 3 is 2.43 bits per heavy atom. The zero-order valence-corrected chi connectivity index (χ0v) is 16.4. The van der Waals surface area contributed by atoms with E-state index in [-0.39, 0.29) is 12.5 Å². The average molecular weight is 400 g/mol. The lowest BCUT2D eigenvalue weighted by atomic mass is 10.1. The number of nitrogens with zero attached hydrogens (tertiary/aromatic N) is 1. The molecule has 150 valence electrons. The molecule has 0 radical (unpaired) electrons. The van der Waals surface area contributed by atoms with E-state index in [1.54, 1.807) is 31.4 Å². The normalized spacial score (nSPS) is 10.4. The molecule has 6 heteroatoms. The van der Waals surface area contributed by atoms with E-state index in [0.29, 0.717) is 28.5 Å². The molecule has 0 fully saturated rings. The fourth-order valence-electron chi connectivity index (χ4n) is 2.91. The first-order chi connectivity index (χ1) is 14.7. The number of methoxy groups -OCH3 is 1. The number of hydrogen-bond acceptors (Lipinski definition) is 5. The van der Waals surface area contributed by atoms with Crippen molar-refractivity contribution in [1.82, 2.24) is 10.5 Å². The first kappa shape index (κ1) is 19.3. The maximum Gasteiger partial charge on any atom is 0.255 e. The van der Waals surface area contributed by atoms with Gasteiger partial charge >= 0.3 is 0 Å². The topological polar surface area (TPSA) is 73.6 Å². The van der Waals surface area contributed by atoms with Gasteiger partial charge < -0.3 is 19.3 Å². The van der Waals surface area contributed by atoms with Crippen molar-refractivity contribution in [3.05, 3.63) is 96.2 Å². The standard InChI is InChI=1S/C24H20N2O4/c1-28-19-13-11-17(12-14-19)23-15-18(26-30-23)16-25-24(27)21-9-5-6-10-22(21)29-20-7-3-2-4-8-20/h2-15H,16H2,1H3,(H,25,27). The van der Waals surface area contributed by atoms with Gasteiger partial charge in [-0.15, -0.1) is 0 Å². The largest absolute Gasteiger partial charge is 0.497 e. The van der Waals surface area contributed by atoms with Crippen LogP contribution in [0.3, 0.4) is 0 Å². The Bertz CT molecular complexity index is 1120. The molecule has 0 aliphatic heterocycles. The average Bonchev–Trinajstić information content (AvgIpc) is 3.28. The Kier molecular flexibility index (Phi) is 5.75. The summed E-state index contributed by atoms with van der Waals surface area (Å²) in [6.07, 6.45) is 0. The molecule has 1 aromatic heterocycles. The second-order valence-electron chi connectivity index (χ2n) is 6.50. The molecule has 6 nitrogen and oxygen atoms in total. The maximum absolute atomic E-state index is 12.7. The van der Waals surface area contributed by atoms with Crippen LogP contribution in [0.2, 0.25) is 0 Å². The molecule has 30 heavy (non-hydrogen) atoms. The van der Waals surface area contributed by atoms with E-state index in [2.05, 4.69) is 10.5 Å². The van der Waals surface area contributed by atoms with Gasteiger partial charge in [0.2, 0.25) is 0 Å². The second kappa shape index (κ2) is 8.96. The fraction of sp³-hybridized carbons (Fsp3) is 0.0833. The smallest absolute Gasteiger partial charge is 0.255 e. The first-order valence-electron chi connectivity index (χ1n) is 9.43. The summed E-state index contributed by atoms with van der Waals surface area (Å²) in [5.74, 6) is 2.28. The van der Waals surface area contributed by atoms with Crippen molar-refractivity contribution < 1.29 is 18.8 Å². The predicted molar refractivity (Wildman–Crippen MR) is 113 cm³/mol. The molecular weight excluding hydrogens is 380 g/mol. The maximum atomic E-state index is 12.7. The van der Waals surface area contributed by atoms with E-state index in [1.807, 2.05) is 60.7 Å². The Labute approximate surface area is 174 Å². The summed E-state index contributed by atoms with van der Waals surface area (Å²) < 4.78 is 16.4. The van der Waals surface area contributed by atoms with Gasteiger partial charge in [-0.05, 0) is 48.5 Å². The number of aromatic nitrogens is 1. The van der Waals surface area contributed by atoms with Crippen molar-refractivity contribution in [2.45, 2.75) is 6.54 Å². The van der Waals surface area contributed by atoms with Crippen LogP contribution in [0, 0.1) is 0 Å². The van der Waals surface area contributed by atoms with Crippen molar-refractivity contribution >= 4 is 5.91 Å². The van der Waals surface area contributed by atoms with Crippen LogP contribution in [0.15, 0.2) is 89.5 Å². The van der Waals surface area contributed by atoms with Crippen LogP contribution in [0.5, 0.6) is 17.2 Å². The molecule has 0 aliphatic rings. The molecule has 0 spiro atoms. The highest BCUT2D eigenvalue weighted by molar-refractivity contribution is 5.96. The third-order valence-corrected chi connectivity index (χ3v) is 4.47. The summed E-state index contributed by atoms with van der Waals surface area (Å²) in [4.78, 5) is 12.7. The highest BCUT2D eigenvalue weighted by Crippen LogP contribution is 2.26. The lowest BCUT2D eigenvalue weighted by molar-refractivity contribution is 0.0948. The minimum atomic E-state index is -0.254. The van der Waals surface area contributed by atoms with Crippen molar-refractivity contribution in [3.8, 4) is 28.6 Å². The SMILES string of the molecule is COc1ccc(-c2cc(CNC(=O)c3ccccc3Oc3ccccc3)no2)cc1. The third kappa shape index (κ3) is 4.50. The number of benzene rings is 3. The van der Waals surface area contributed by atoms with Crippen LogP contribution in [0.4, 0.5) is 0 Å². The van der Waals surface area contributed by atoms with E-state index in [9.17, 15) is 4.79 Å². The molecule has 1 N–H and O–H groups in total. The molecule has 4 rings (SSSR count). The van der Waals surface area contributed by atoms with Gasteiger partial charge in [-0.1, -0.05) is 35.5 Å². The molecule has 3 aromatic carbocycles. The molecule has 0 bridgehead atoms. The van der Waals surface area contributed by atoms with E-state index >= 15 is 0 Å². The molecule has 4 aromatic rings. The molecule has 0 aliphatic carbocycles. The van der Waals surface area contributed by atoms with Crippen molar-refractivity contribution in [3.63, 3.8) is 0 Å². The Hall–Kier alpha value is -4.06. The second-order valence-corrected chi connectivity index (χ2v) is 6.50. The van der Waals surface area contributed by atoms with Gasteiger partial charge in [0, 0.05) is 11.6 Å². The monoisotopic (exact) mass is 400 g/mol. The minimum absolute atomic E-state index is 0.234. The summed E-state index contributed by atoms with van der Waals surface area (Å²) in [7, 11) is 1.62. The molecular formula is C24H20N2O4. The van der Waals surface area contributed by atoms with E-state index < -0.39 is 0 Å². The van der Waals surface area contributed by atoms with Crippen molar-refractivity contribution in [2.75, 3.05) is 7.11 Å². The Morgan fingerprint density at radius 1 is 0.933 bits per heavy atom. The lowest BCUT2D eigenvalue weighted by Gasteiger charge is -2.10. The molecule has 1 heterocycles. The Balaban J connectivity index is 1.42. The van der Waals surface area contributed by atoms with Crippen LogP contribution in [0.1, 0.15) is 16.1 Å². The number of ether oxygens (including phenoxy) is 2. The molecule has 0 saturated carbocycles. The molecule has 0 saturated heterocycles. The zero-order valence-electron chi connectivity index (χ0n) is 16.4. The minimum Gasteiger partial charge on any atom is -0.497 e. The molecule has 1 amide bonds. The number of rotatable bonds is 7.